The molecule has 0 aliphatic carbocycles. The first-order valence-electron chi connectivity index (χ1n) is 6.17. The number of hydrogen-bond acceptors (Lipinski definition) is 3. The average molecular weight is 245 g/mol. The third-order valence-electron chi connectivity index (χ3n) is 2.82. The van der Waals surface area contributed by atoms with E-state index in [1.54, 1.807) is 6.33 Å². The van der Waals surface area contributed by atoms with Gasteiger partial charge in [-0.2, -0.15) is 0 Å². The second kappa shape index (κ2) is 5.58. The number of nitrogens with zero attached hydrogens (tertiary/aromatic N) is 1. The summed E-state index contributed by atoms with van der Waals surface area (Å²) in [5.41, 5.74) is 4.32. The van der Waals surface area contributed by atoms with Gasteiger partial charge in [0.1, 0.15) is 5.75 Å². The van der Waals surface area contributed by atoms with Crippen molar-refractivity contribution in [2.75, 3.05) is 11.9 Å². The van der Waals surface area contributed by atoms with E-state index in [0.717, 1.165) is 22.8 Å². The highest BCUT2D eigenvalue weighted by Crippen LogP contribution is 2.26. The first-order valence-corrected chi connectivity index (χ1v) is 6.17. The number of aromatic amines is 1. The molecule has 0 spiro atoms. The summed E-state index contributed by atoms with van der Waals surface area (Å²) >= 11 is 0. The van der Waals surface area contributed by atoms with Crippen LogP contribution in [0.5, 0.6) is 5.75 Å². The zero-order valence-corrected chi connectivity index (χ0v) is 11.1. The van der Waals surface area contributed by atoms with E-state index in [9.17, 15) is 0 Å². The highest BCUT2D eigenvalue weighted by atomic mass is 16.5. The monoisotopic (exact) mass is 245 g/mol. The first-order chi connectivity index (χ1) is 8.70. The molecule has 0 unspecified atom stereocenters. The fraction of sp³-hybridized carbons (Fsp3) is 0.357. The molecule has 96 valence electrons. The number of imidazole rings is 1. The second-order valence-electron chi connectivity index (χ2n) is 4.26. The number of anilines is 1. The van der Waals surface area contributed by atoms with E-state index >= 15 is 0 Å². The molecule has 0 radical (unpaired) electrons. The molecule has 0 saturated carbocycles. The molecule has 0 fully saturated rings. The molecule has 1 aromatic carbocycles. The second-order valence-corrected chi connectivity index (χ2v) is 4.26. The van der Waals surface area contributed by atoms with Crippen molar-refractivity contribution in [3.05, 3.63) is 41.5 Å². The summed E-state index contributed by atoms with van der Waals surface area (Å²) in [6.07, 6.45) is 1.71. The number of H-pyrrole nitrogens is 1. The lowest BCUT2D eigenvalue weighted by atomic mass is 10.2. The van der Waals surface area contributed by atoms with Crippen LogP contribution in [0.2, 0.25) is 0 Å². The molecule has 0 saturated heterocycles. The van der Waals surface area contributed by atoms with Gasteiger partial charge in [0.15, 0.2) is 0 Å². The van der Waals surface area contributed by atoms with Gasteiger partial charge in [-0.15, -0.1) is 0 Å². The van der Waals surface area contributed by atoms with Gasteiger partial charge in [-0.3, -0.25) is 0 Å². The van der Waals surface area contributed by atoms with Crippen molar-refractivity contribution >= 4 is 5.69 Å². The van der Waals surface area contributed by atoms with Crippen LogP contribution < -0.4 is 10.1 Å². The predicted molar refractivity (Wildman–Crippen MR) is 73.0 cm³/mol. The first kappa shape index (κ1) is 12.5. The molecule has 0 aliphatic rings. The zero-order chi connectivity index (χ0) is 13.0. The van der Waals surface area contributed by atoms with Crippen LogP contribution in [-0.2, 0) is 6.54 Å². The van der Waals surface area contributed by atoms with Gasteiger partial charge in [0.05, 0.1) is 30.9 Å². The molecule has 4 nitrogen and oxygen atoms in total. The molecule has 0 atom stereocenters. The molecule has 0 bridgehead atoms. The normalized spacial score (nSPS) is 10.4. The van der Waals surface area contributed by atoms with Gasteiger partial charge in [0.25, 0.3) is 0 Å². The van der Waals surface area contributed by atoms with E-state index in [4.69, 9.17) is 4.74 Å². The molecule has 2 N–H and O–H groups in total. The van der Waals surface area contributed by atoms with Crippen molar-refractivity contribution in [3.8, 4) is 5.75 Å². The Balaban J connectivity index is 2.11. The fourth-order valence-electron chi connectivity index (χ4n) is 1.79. The molecule has 4 heteroatoms. The highest BCUT2D eigenvalue weighted by Gasteiger charge is 2.05. The van der Waals surface area contributed by atoms with Crippen LogP contribution in [0.4, 0.5) is 5.69 Å². The summed E-state index contributed by atoms with van der Waals surface area (Å²) in [6, 6.07) is 6.16. The van der Waals surface area contributed by atoms with E-state index in [-0.39, 0.29) is 0 Å². The summed E-state index contributed by atoms with van der Waals surface area (Å²) in [6.45, 7) is 7.43. The van der Waals surface area contributed by atoms with Crippen molar-refractivity contribution in [2.45, 2.75) is 27.3 Å². The maximum Gasteiger partial charge on any atom is 0.142 e. The van der Waals surface area contributed by atoms with E-state index in [0.29, 0.717) is 13.2 Å². The van der Waals surface area contributed by atoms with E-state index in [1.165, 1.54) is 5.56 Å². The standard InChI is InChI=1S/C14H19N3O/c1-4-18-14-7-10(2)5-6-12(14)15-8-13-11(3)16-9-17-13/h5-7,9,15H,4,8H2,1-3H3,(H,16,17). The lowest BCUT2D eigenvalue weighted by Gasteiger charge is -2.12. The quantitative estimate of drug-likeness (QED) is 0.851. The molecule has 18 heavy (non-hydrogen) atoms. The smallest absolute Gasteiger partial charge is 0.142 e. The van der Waals surface area contributed by atoms with Crippen LogP contribution in [0.15, 0.2) is 24.5 Å². The SMILES string of the molecule is CCOc1cc(C)ccc1NCc1nc[nH]c1C. The number of aryl methyl sites for hydroxylation is 2. The molecule has 1 heterocycles. The number of aromatic nitrogens is 2. The molecule has 0 amide bonds. The lowest BCUT2D eigenvalue weighted by Crippen LogP contribution is -2.04. The zero-order valence-electron chi connectivity index (χ0n) is 11.1. The minimum absolute atomic E-state index is 0.666. The van der Waals surface area contributed by atoms with E-state index < -0.39 is 0 Å². The Morgan fingerprint density at radius 3 is 2.83 bits per heavy atom. The molecule has 2 aromatic rings. The van der Waals surface area contributed by atoms with Gasteiger partial charge < -0.3 is 15.0 Å². The molecule has 1 aromatic heterocycles. The third-order valence-corrected chi connectivity index (χ3v) is 2.82. The molecular formula is C14H19N3O. The van der Waals surface area contributed by atoms with E-state index in [1.807, 2.05) is 26.0 Å². The van der Waals surface area contributed by atoms with Crippen LogP contribution in [0.1, 0.15) is 23.9 Å². The Bertz CT molecular complexity index is 520. The Hall–Kier alpha value is -1.97. The van der Waals surface area contributed by atoms with Crippen LogP contribution in [0.25, 0.3) is 0 Å². The lowest BCUT2D eigenvalue weighted by molar-refractivity contribution is 0.341. The van der Waals surface area contributed by atoms with Crippen LogP contribution >= 0.6 is 0 Å². The number of benzene rings is 1. The highest BCUT2D eigenvalue weighted by molar-refractivity contribution is 5.57. The van der Waals surface area contributed by atoms with Gasteiger partial charge in [-0.1, -0.05) is 6.07 Å². The summed E-state index contributed by atoms with van der Waals surface area (Å²) in [4.78, 5) is 7.34. The predicted octanol–water partition coefficient (Wildman–Crippen LogP) is 3.04. The van der Waals surface area contributed by atoms with Crippen molar-refractivity contribution in [1.29, 1.82) is 0 Å². The summed E-state index contributed by atoms with van der Waals surface area (Å²) in [7, 11) is 0. The Labute approximate surface area is 107 Å². The van der Waals surface area contributed by atoms with Gasteiger partial charge >= 0.3 is 0 Å². The Morgan fingerprint density at radius 1 is 1.33 bits per heavy atom. The van der Waals surface area contributed by atoms with Crippen molar-refractivity contribution in [3.63, 3.8) is 0 Å². The van der Waals surface area contributed by atoms with Crippen LogP contribution in [-0.4, -0.2) is 16.6 Å². The number of hydrogen-bond donors (Lipinski definition) is 2. The van der Waals surface area contributed by atoms with E-state index in [2.05, 4.69) is 28.3 Å². The van der Waals surface area contributed by atoms with Crippen molar-refractivity contribution in [2.24, 2.45) is 0 Å². The van der Waals surface area contributed by atoms with Crippen molar-refractivity contribution < 1.29 is 4.74 Å². The minimum atomic E-state index is 0.666. The largest absolute Gasteiger partial charge is 0.492 e. The minimum Gasteiger partial charge on any atom is -0.492 e. The average Bonchev–Trinajstić information content (AvgIpc) is 2.74. The third kappa shape index (κ3) is 2.83. The fourth-order valence-corrected chi connectivity index (χ4v) is 1.79. The Morgan fingerprint density at radius 2 is 2.17 bits per heavy atom. The summed E-state index contributed by atoms with van der Waals surface area (Å²) < 4.78 is 5.63. The number of ether oxygens (including phenoxy) is 1. The maximum atomic E-state index is 5.63. The van der Waals surface area contributed by atoms with Gasteiger partial charge in [-0.25, -0.2) is 4.98 Å². The van der Waals surface area contributed by atoms with Crippen LogP contribution in [0, 0.1) is 13.8 Å². The molecular weight excluding hydrogens is 226 g/mol. The van der Waals surface area contributed by atoms with Gasteiger partial charge in [-0.05, 0) is 38.5 Å². The van der Waals surface area contributed by atoms with Crippen molar-refractivity contribution in [1.82, 2.24) is 9.97 Å². The maximum absolute atomic E-state index is 5.63. The summed E-state index contributed by atoms with van der Waals surface area (Å²) in [5.74, 6) is 0.894. The number of rotatable bonds is 5. The van der Waals surface area contributed by atoms with Gasteiger partial charge in [0.2, 0.25) is 0 Å². The molecule has 2 rings (SSSR count). The molecule has 0 aliphatic heterocycles. The van der Waals surface area contributed by atoms with Crippen LogP contribution in [0.3, 0.4) is 0 Å². The Kier molecular flexibility index (Phi) is 3.87. The van der Waals surface area contributed by atoms with Gasteiger partial charge in [0, 0.05) is 5.69 Å². The topological polar surface area (TPSA) is 49.9 Å². The summed E-state index contributed by atoms with van der Waals surface area (Å²) in [5, 5.41) is 3.36. The number of nitrogens with one attached hydrogen (secondary N) is 2.